The molecule has 0 rings (SSSR count). The van der Waals surface area contributed by atoms with Crippen LogP contribution in [0.4, 0.5) is 0 Å². The van der Waals surface area contributed by atoms with Crippen LogP contribution in [-0.2, 0) is 4.74 Å². The zero-order chi connectivity index (χ0) is 11.0. The van der Waals surface area contributed by atoms with Crippen LogP contribution < -0.4 is 5.73 Å². The third kappa shape index (κ3) is 6.35. The van der Waals surface area contributed by atoms with Crippen molar-refractivity contribution in [3.63, 3.8) is 0 Å². The van der Waals surface area contributed by atoms with Gasteiger partial charge in [-0.25, -0.2) is 0 Å². The molecule has 0 aliphatic rings. The number of aliphatic hydroxyl groups excluding tert-OH is 1. The maximum absolute atomic E-state index is 9.03. The van der Waals surface area contributed by atoms with Gasteiger partial charge in [-0.1, -0.05) is 20.8 Å². The number of hydrogen-bond acceptors (Lipinski definition) is 3. The maximum atomic E-state index is 9.03. The minimum Gasteiger partial charge on any atom is -0.394 e. The highest BCUT2D eigenvalue weighted by Gasteiger charge is 2.15. The quantitative estimate of drug-likeness (QED) is 0.588. The second-order valence-corrected chi connectivity index (χ2v) is 4.20. The second-order valence-electron chi connectivity index (χ2n) is 4.20. The first-order valence-electron chi connectivity index (χ1n) is 5.59. The summed E-state index contributed by atoms with van der Waals surface area (Å²) in [6, 6.07) is -0.0425. The lowest BCUT2D eigenvalue weighted by Gasteiger charge is -2.21. The molecule has 0 fully saturated rings. The Morgan fingerprint density at radius 1 is 1.36 bits per heavy atom. The summed E-state index contributed by atoms with van der Waals surface area (Å²) in [6.45, 7) is 7.13. The Kier molecular flexibility index (Phi) is 8.14. The Morgan fingerprint density at radius 2 is 2.00 bits per heavy atom. The highest BCUT2D eigenvalue weighted by Crippen LogP contribution is 2.06. The molecular formula is C11H25NO2. The molecule has 0 aliphatic heterocycles. The fourth-order valence-electron chi connectivity index (χ4n) is 1.30. The van der Waals surface area contributed by atoms with Gasteiger partial charge >= 0.3 is 0 Å². The second kappa shape index (κ2) is 8.21. The summed E-state index contributed by atoms with van der Waals surface area (Å²) in [5.74, 6) is 0.714. The SMILES string of the molecule is CCC(N)C(CO)OCCCC(C)C. The normalized spacial score (nSPS) is 15.9. The molecule has 0 heterocycles. The van der Waals surface area contributed by atoms with Gasteiger partial charge in [-0.15, -0.1) is 0 Å². The molecule has 2 atom stereocenters. The van der Waals surface area contributed by atoms with E-state index >= 15 is 0 Å². The van der Waals surface area contributed by atoms with Crippen molar-refractivity contribution in [2.75, 3.05) is 13.2 Å². The van der Waals surface area contributed by atoms with E-state index in [2.05, 4.69) is 13.8 Å². The Bertz CT molecular complexity index is 128. The van der Waals surface area contributed by atoms with Gasteiger partial charge in [-0.3, -0.25) is 0 Å². The van der Waals surface area contributed by atoms with Gasteiger partial charge in [0.15, 0.2) is 0 Å². The van der Waals surface area contributed by atoms with Gasteiger partial charge in [0.2, 0.25) is 0 Å². The standard InChI is InChI=1S/C11H25NO2/c1-4-10(12)11(8-13)14-7-5-6-9(2)3/h9-11,13H,4-8,12H2,1-3H3. The van der Waals surface area contributed by atoms with Crippen molar-refractivity contribution in [3.05, 3.63) is 0 Å². The van der Waals surface area contributed by atoms with Crippen molar-refractivity contribution in [1.29, 1.82) is 0 Å². The lowest BCUT2D eigenvalue weighted by molar-refractivity contribution is -0.00516. The first kappa shape index (κ1) is 13.9. The number of ether oxygens (including phenoxy) is 1. The molecule has 0 amide bonds. The van der Waals surface area contributed by atoms with E-state index in [1.807, 2.05) is 6.92 Å². The van der Waals surface area contributed by atoms with Gasteiger partial charge in [0, 0.05) is 12.6 Å². The minimum atomic E-state index is -0.188. The molecule has 0 spiro atoms. The largest absolute Gasteiger partial charge is 0.394 e. The molecule has 0 bridgehead atoms. The summed E-state index contributed by atoms with van der Waals surface area (Å²) in [4.78, 5) is 0. The molecule has 0 aromatic rings. The average molecular weight is 203 g/mol. The molecule has 2 unspecified atom stereocenters. The predicted octanol–water partition coefficient (Wildman–Crippen LogP) is 1.54. The smallest absolute Gasteiger partial charge is 0.0955 e. The van der Waals surface area contributed by atoms with Gasteiger partial charge in [-0.05, 0) is 25.2 Å². The Balaban J connectivity index is 3.52. The number of hydrogen-bond donors (Lipinski definition) is 2. The van der Waals surface area contributed by atoms with Crippen molar-refractivity contribution >= 4 is 0 Å². The molecule has 14 heavy (non-hydrogen) atoms. The van der Waals surface area contributed by atoms with Gasteiger partial charge in [-0.2, -0.15) is 0 Å². The van der Waals surface area contributed by atoms with E-state index in [-0.39, 0.29) is 18.8 Å². The van der Waals surface area contributed by atoms with E-state index in [1.54, 1.807) is 0 Å². The third-order valence-corrected chi connectivity index (χ3v) is 2.39. The van der Waals surface area contributed by atoms with Crippen LogP contribution in [0.15, 0.2) is 0 Å². The van der Waals surface area contributed by atoms with E-state index in [9.17, 15) is 0 Å². The topological polar surface area (TPSA) is 55.5 Å². The van der Waals surface area contributed by atoms with E-state index in [0.717, 1.165) is 12.8 Å². The summed E-state index contributed by atoms with van der Waals surface area (Å²) < 4.78 is 5.52. The first-order valence-corrected chi connectivity index (χ1v) is 5.59. The van der Waals surface area contributed by atoms with Crippen molar-refractivity contribution < 1.29 is 9.84 Å². The zero-order valence-electron chi connectivity index (χ0n) is 9.70. The van der Waals surface area contributed by atoms with Crippen molar-refractivity contribution in [3.8, 4) is 0 Å². The van der Waals surface area contributed by atoms with Gasteiger partial charge in [0.25, 0.3) is 0 Å². The molecule has 0 saturated heterocycles. The molecule has 0 saturated carbocycles. The van der Waals surface area contributed by atoms with Crippen molar-refractivity contribution in [2.45, 2.75) is 52.2 Å². The van der Waals surface area contributed by atoms with Crippen LogP contribution in [0.1, 0.15) is 40.0 Å². The summed E-state index contributed by atoms with van der Waals surface area (Å²) >= 11 is 0. The first-order chi connectivity index (χ1) is 6.61. The highest BCUT2D eigenvalue weighted by molar-refractivity contribution is 4.70. The third-order valence-electron chi connectivity index (χ3n) is 2.39. The molecule has 0 aromatic carbocycles. The average Bonchev–Trinajstić information content (AvgIpc) is 2.16. The molecule has 3 heteroatoms. The minimum absolute atomic E-state index is 0.0245. The molecular weight excluding hydrogens is 178 g/mol. The molecule has 0 aliphatic carbocycles. The van der Waals surface area contributed by atoms with Crippen LogP contribution in [0, 0.1) is 5.92 Å². The fourth-order valence-corrected chi connectivity index (χ4v) is 1.30. The van der Waals surface area contributed by atoms with Gasteiger partial charge < -0.3 is 15.6 Å². The Morgan fingerprint density at radius 3 is 2.43 bits per heavy atom. The monoisotopic (exact) mass is 203 g/mol. The van der Waals surface area contributed by atoms with Crippen LogP contribution in [0.3, 0.4) is 0 Å². The molecule has 3 nitrogen and oxygen atoms in total. The summed E-state index contributed by atoms with van der Waals surface area (Å²) in [6.07, 6.45) is 2.87. The molecule has 0 radical (unpaired) electrons. The number of aliphatic hydroxyl groups is 1. The maximum Gasteiger partial charge on any atom is 0.0955 e. The van der Waals surface area contributed by atoms with Crippen LogP contribution in [0.2, 0.25) is 0 Å². The number of rotatable bonds is 8. The predicted molar refractivity (Wildman–Crippen MR) is 59.2 cm³/mol. The lowest BCUT2D eigenvalue weighted by atomic mass is 10.1. The van der Waals surface area contributed by atoms with Crippen LogP contribution in [0.25, 0.3) is 0 Å². The lowest BCUT2D eigenvalue weighted by Crippen LogP contribution is -2.39. The van der Waals surface area contributed by atoms with Crippen molar-refractivity contribution in [1.82, 2.24) is 0 Å². The highest BCUT2D eigenvalue weighted by atomic mass is 16.5. The van der Waals surface area contributed by atoms with Gasteiger partial charge in [0.05, 0.1) is 12.7 Å². The Labute approximate surface area is 87.6 Å². The van der Waals surface area contributed by atoms with Crippen LogP contribution >= 0.6 is 0 Å². The Hall–Kier alpha value is -0.120. The molecule has 3 N–H and O–H groups in total. The summed E-state index contributed by atoms with van der Waals surface area (Å²) in [7, 11) is 0. The molecule has 0 aromatic heterocycles. The van der Waals surface area contributed by atoms with Crippen LogP contribution in [-0.4, -0.2) is 30.5 Å². The molecule has 86 valence electrons. The van der Waals surface area contributed by atoms with Crippen molar-refractivity contribution in [2.24, 2.45) is 11.7 Å². The van der Waals surface area contributed by atoms with E-state index in [0.29, 0.717) is 12.5 Å². The van der Waals surface area contributed by atoms with Gasteiger partial charge in [0.1, 0.15) is 0 Å². The fraction of sp³-hybridized carbons (Fsp3) is 1.00. The summed E-state index contributed by atoms with van der Waals surface area (Å²) in [5.41, 5.74) is 5.78. The van der Waals surface area contributed by atoms with Crippen LogP contribution in [0.5, 0.6) is 0 Å². The number of nitrogens with two attached hydrogens (primary N) is 1. The van der Waals surface area contributed by atoms with E-state index in [4.69, 9.17) is 15.6 Å². The van der Waals surface area contributed by atoms with E-state index < -0.39 is 0 Å². The summed E-state index contributed by atoms with van der Waals surface area (Å²) in [5, 5.41) is 9.03. The zero-order valence-corrected chi connectivity index (χ0v) is 9.70. The van der Waals surface area contributed by atoms with E-state index in [1.165, 1.54) is 6.42 Å².